The van der Waals surface area contributed by atoms with Gasteiger partial charge in [-0.25, -0.2) is 4.79 Å². The Balaban J connectivity index is 2.12. The van der Waals surface area contributed by atoms with Gasteiger partial charge in [0, 0.05) is 19.4 Å². The summed E-state index contributed by atoms with van der Waals surface area (Å²) in [5.74, 6) is -7.06. The molecule has 21 nitrogen and oxygen atoms in total. The third-order valence-electron chi connectivity index (χ3n) is 8.83. The topological polar surface area (TPSA) is 363 Å². The highest BCUT2D eigenvalue weighted by molar-refractivity contribution is 5.96. The van der Waals surface area contributed by atoms with Crippen molar-refractivity contribution in [3.8, 4) is 11.5 Å². The van der Waals surface area contributed by atoms with E-state index >= 15 is 0 Å². The summed E-state index contributed by atoms with van der Waals surface area (Å²) in [6.45, 7) is 1.46. The number of hydrogen-bond acceptors (Lipinski definition) is 12. The molecule has 318 valence electrons. The Hall–Kier alpha value is -6.48. The van der Waals surface area contributed by atoms with Crippen molar-refractivity contribution in [3.05, 3.63) is 59.7 Å². The average molecular weight is 815 g/mol. The summed E-state index contributed by atoms with van der Waals surface area (Å²) >= 11 is 0. The maximum atomic E-state index is 13.4. The van der Waals surface area contributed by atoms with Crippen LogP contribution in [0.15, 0.2) is 53.5 Å². The molecule has 6 atom stereocenters. The van der Waals surface area contributed by atoms with E-state index in [0.717, 1.165) is 0 Å². The van der Waals surface area contributed by atoms with Crippen LogP contribution in [-0.2, 0) is 46.4 Å². The molecule has 21 heteroatoms. The average Bonchev–Trinajstić information content (AvgIpc) is 3.19. The molecule has 2 aromatic carbocycles. The summed E-state index contributed by atoms with van der Waals surface area (Å²) in [5, 5.41) is 53.5. The fourth-order valence-corrected chi connectivity index (χ4v) is 5.39. The van der Waals surface area contributed by atoms with E-state index in [1.807, 2.05) is 0 Å². The van der Waals surface area contributed by atoms with E-state index in [1.165, 1.54) is 36.4 Å². The minimum Gasteiger partial charge on any atom is -0.508 e. The zero-order chi connectivity index (χ0) is 43.4. The van der Waals surface area contributed by atoms with Crippen LogP contribution >= 0.6 is 0 Å². The van der Waals surface area contributed by atoms with Gasteiger partial charge in [-0.1, -0.05) is 44.5 Å². The molecule has 2 aromatic rings. The number of aliphatic imine (C=N–C) groups is 1. The Morgan fingerprint density at radius 2 is 1.19 bits per heavy atom. The van der Waals surface area contributed by atoms with Crippen molar-refractivity contribution in [1.82, 2.24) is 31.9 Å². The molecule has 0 saturated heterocycles. The van der Waals surface area contributed by atoms with Crippen molar-refractivity contribution in [2.24, 2.45) is 28.1 Å². The van der Waals surface area contributed by atoms with Crippen LogP contribution in [0, 0.1) is 5.92 Å². The summed E-state index contributed by atoms with van der Waals surface area (Å²) in [5.41, 5.74) is 17.2. The van der Waals surface area contributed by atoms with Gasteiger partial charge in [0.25, 0.3) is 0 Å². The maximum Gasteiger partial charge on any atom is 0.326 e. The monoisotopic (exact) mass is 814 g/mol. The number of guanidine groups is 1. The van der Waals surface area contributed by atoms with Gasteiger partial charge in [0.1, 0.15) is 41.7 Å². The van der Waals surface area contributed by atoms with Crippen LogP contribution in [-0.4, -0.2) is 124 Å². The van der Waals surface area contributed by atoms with E-state index in [2.05, 4.69) is 36.9 Å². The second-order valence-electron chi connectivity index (χ2n) is 13.4. The first kappa shape index (κ1) is 47.7. The number of aromatic hydroxyl groups is 2. The van der Waals surface area contributed by atoms with Crippen LogP contribution in [0.4, 0.5) is 0 Å². The summed E-state index contributed by atoms with van der Waals surface area (Å²) in [6, 6.07) is 4.82. The number of carboxylic acid groups (broad SMARTS) is 1. The van der Waals surface area contributed by atoms with E-state index in [-0.39, 0.29) is 49.7 Å². The number of nitrogens with one attached hydrogen (secondary N) is 6. The van der Waals surface area contributed by atoms with Crippen LogP contribution in [0.3, 0.4) is 0 Å². The number of amides is 6. The molecule has 6 amide bonds. The van der Waals surface area contributed by atoms with Crippen molar-refractivity contribution in [1.29, 1.82) is 0 Å². The normalized spacial score (nSPS) is 13.9. The highest BCUT2D eigenvalue weighted by Crippen LogP contribution is 2.14. The number of phenols is 2. The third-order valence-corrected chi connectivity index (χ3v) is 8.83. The number of hydrogen-bond donors (Lipinski definition) is 13. The van der Waals surface area contributed by atoms with Gasteiger partial charge in [0.05, 0.1) is 19.7 Å². The van der Waals surface area contributed by atoms with E-state index in [1.54, 1.807) is 26.0 Å². The van der Waals surface area contributed by atoms with Gasteiger partial charge in [0.15, 0.2) is 5.96 Å². The second kappa shape index (κ2) is 24.2. The van der Waals surface area contributed by atoms with Gasteiger partial charge in [-0.3, -0.25) is 33.8 Å². The summed E-state index contributed by atoms with van der Waals surface area (Å²) in [4.78, 5) is 94.2. The lowest BCUT2D eigenvalue weighted by Gasteiger charge is -2.27. The van der Waals surface area contributed by atoms with Crippen LogP contribution in [0.2, 0.25) is 0 Å². The van der Waals surface area contributed by atoms with E-state index in [4.69, 9.17) is 17.2 Å². The number of aliphatic carboxylic acids is 1. The van der Waals surface area contributed by atoms with Crippen molar-refractivity contribution in [2.45, 2.75) is 76.2 Å². The van der Waals surface area contributed by atoms with Gasteiger partial charge >= 0.3 is 5.97 Å². The minimum atomic E-state index is -1.62. The maximum absolute atomic E-state index is 13.4. The quantitative estimate of drug-likeness (QED) is 0.0279. The molecule has 2 rings (SSSR count). The molecule has 0 unspecified atom stereocenters. The van der Waals surface area contributed by atoms with E-state index in [0.29, 0.717) is 17.5 Å². The van der Waals surface area contributed by atoms with E-state index < -0.39 is 97.2 Å². The number of carbonyl (C=O) groups excluding carboxylic acids is 6. The number of aliphatic hydroxyl groups is 1. The zero-order valence-electron chi connectivity index (χ0n) is 32.3. The first-order chi connectivity index (χ1) is 27.5. The van der Waals surface area contributed by atoms with Crippen LogP contribution in [0.1, 0.15) is 44.2 Å². The Morgan fingerprint density at radius 3 is 1.69 bits per heavy atom. The van der Waals surface area contributed by atoms with Crippen molar-refractivity contribution in [2.75, 3.05) is 26.2 Å². The molecule has 0 bridgehead atoms. The molecule has 0 saturated carbocycles. The number of benzene rings is 2. The molecule has 0 spiro atoms. The number of carbonyl (C=O) groups is 7. The standard InChI is InChI=1S/C37H54N10O11/c1-3-20(2)31(47-33(54)26(43-29(51)17-38)15-21-6-10-23(49)11-7-21)35(56)42-18-30(52)44-28(19-48)34(55)45-25(5-4-14-41-37(39)40)32(53)46-27(36(57)58)16-22-8-12-24(50)13-9-22/h6-13,20,25-28,31,48-50H,3-5,14-19,38H2,1-2H3,(H,42,56)(H,43,51)(H,44,52)(H,45,55)(H,46,53)(H,47,54)(H,57,58)(H4,39,40,41)/t20-,25-,26-,27-,28-,31-/m0/s1. The van der Waals surface area contributed by atoms with Crippen molar-refractivity contribution in [3.63, 3.8) is 0 Å². The lowest BCUT2D eigenvalue weighted by atomic mass is 9.97. The summed E-state index contributed by atoms with van der Waals surface area (Å²) < 4.78 is 0. The first-order valence-corrected chi connectivity index (χ1v) is 18.4. The van der Waals surface area contributed by atoms with Crippen LogP contribution in [0.5, 0.6) is 11.5 Å². The summed E-state index contributed by atoms with van der Waals surface area (Å²) in [6.07, 6.45) is 0.317. The lowest BCUT2D eigenvalue weighted by Crippen LogP contribution is -2.59. The predicted octanol–water partition coefficient (Wildman–Crippen LogP) is -3.44. The number of nitrogens with zero attached hydrogens (tertiary/aromatic N) is 1. The SMILES string of the molecule is CC[C@H](C)[C@H](NC(=O)[C@H](Cc1ccc(O)cc1)NC(=O)CN)C(=O)NCC(=O)N[C@@H](CO)C(=O)N[C@@H](CCCN=C(N)N)C(=O)N[C@@H](Cc1ccc(O)cc1)C(=O)O. The number of nitrogens with two attached hydrogens (primary N) is 3. The molecular weight excluding hydrogens is 760 g/mol. The Kier molecular flexibility index (Phi) is 19.9. The lowest BCUT2D eigenvalue weighted by molar-refractivity contribution is -0.142. The minimum absolute atomic E-state index is 0.00154. The van der Waals surface area contributed by atoms with Crippen LogP contribution < -0.4 is 49.1 Å². The fourth-order valence-electron chi connectivity index (χ4n) is 5.39. The molecule has 0 fully saturated rings. The zero-order valence-corrected chi connectivity index (χ0v) is 32.3. The number of phenolic OH excluding ortho intramolecular Hbond substituents is 2. The van der Waals surface area contributed by atoms with Gasteiger partial charge < -0.3 is 69.5 Å². The predicted molar refractivity (Wildman–Crippen MR) is 209 cm³/mol. The largest absolute Gasteiger partial charge is 0.508 e. The number of rotatable bonds is 24. The smallest absolute Gasteiger partial charge is 0.326 e. The van der Waals surface area contributed by atoms with Crippen molar-refractivity contribution < 1.29 is 54.0 Å². The molecule has 16 N–H and O–H groups in total. The molecule has 0 heterocycles. The van der Waals surface area contributed by atoms with Crippen LogP contribution in [0.25, 0.3) is 0 Å². The fraction of sp³-hybridized carbons (Fsp3) is 0.459. The molecule has 0 aliphatic heterocycles. The second-order valence-corrected chi connectivity index (χ2v) is 13.4. The highest BCUT2D eigenvalue weighted by atomic mass is 16.4. The number of aliphatic hydroxyl groups excluding tert-OH is 1. The first-order valence-electron chi connectivity index (χ1n) is 18.4. The Morgan fingerprint density at radius 1 is 0.690 bits per heavy atom. The van der Waals surface area contributed by atoms with Gasteiger partial charge in [-0.15, -0.1) is 0 Å². The molecule has 0 aliphatic carbocycles. The Labute approximate surface area is 334 Å². The molecular formula is C37H54N10O11. The number of carboxylic acids is 1. The van der Waals surface area contributed by atoms with Gasteiger partial charge in [-0.05, 0) is 54.2 Å². The van der Waals surface area contributed by atoms with E-state index in [9.17, 15) is 54.0 Å². The summed E-state index contributed by atoms with van der Waals surface area (Å²) in [7, 11) is 0. The highest BCUT2D eigenvalue weighted by Gasteiger charge is 2.32. The third kappa shape index (κ3) is 16.7. The van der Waals surface area contributed by atoms with Gasteiger partial charge in [0.2, 0.25) is 35.4 Å². The van der Waals surface area contributed by atoms with Crippen molar-refractivity contribution >= 4 is 47.4 Å². The molecule has 0 radical (unpaired) electrons. The Bertz CT molecular complexity index is 1740. The molecule has 58 heavy (non-hydrogen) atoms. The van der Waals surface area contributed by atoms with Gasteiger partial charge in [-0.2, -0.15) is 0 Å². The molecule has 0 aliphatic rings. The molecule has 0 aromatic heterocycles.